The number of hydrogen-bond acceptors (Lipinski definition) is 5. The van der Waals surface area contributed by atoms with E-state index in [9.17, 15) is 4.79 Å². The van der Waals surface area contributed by atoms with Crippen LogP contribution in [0.5, 0.6) is 0 Å². The number of nitrogens with zero attached hydrogens (tertiary/aromatic N) is 4. The van der Waals surface area contributed by atoms with Crippen molar-refractivity contribution in [3.8, 4) is 0 Å². The van der Waals surface area contributed by atoms with Crippen molar-refractivity contribution in [3.63, 3.8) is 0 Å². The molecular formula is C11H17N5O2. The number of rotatable bonds is 4. The van der Waals surface area contributed by atoms with E-state index in [2.05, 4.69) is 15.2 Å². The molecule has 2 heterocycles. The summed E-state index contributed by atoms with van der Waals surface area (Å²) >= 11 is 0. The third-order valence-electron chi connectivity index (χ3n) is 2.81. The molecule has 2 aromatic heterocycles. The van der Waals surface area contributed by atoms with Crippen LogP contribution in [0.25, 0.3) is 5.65 Å². The van der Waals surface area contributed by atoms with Gasteiger partial charge in [-0.05, 0) is 20.8 Å². The quantitative estimate of drug-likeness (QED) is 0.794. The number of fused-ring (bicyclic) bond motifs is 1. The summed E-state index contributed by atoms with van der Waals surface area (Å²) in [5.41, 5.74) is 0.242. The first-order chi connectivity index (χ1) is 8.54. The molecule has 0 saturated heterocycles. The number of aliphatic hydroxyl groups excluding tert-OH is 1. The molecule has 2 aromatic rings. The fourth-order valence-electron chi connectivity index (χ4n) is 1.97. The normalized spacial score (nSPS) is 11.4. The van der Waals surface area contributed by atoms with Gasteiger partial charge in [0, 0.05) is 18.7 Å². The summed E-state index contributed by atoms with van der Waals surface area (Å²) in [7, 11) is 0. The van der Waals surface area contributed by atoms with Crippen LogP contribution in [-0.2, 0) is 0 Å². The summed E-state index contributed by atoms with van der Waals surface area (Å²) in [5, 5.41) is 15.4. The minimum absolute atomic E-state index is 0.0530. The Bertz CT molecular complexity index is 601. The van der Waals surface area contributed by atoms with E-state index in [0.717, 1.165) is 0 Å². The highest BCUT2D eigenvalue weighted by Gasteiger charge is 2.14. The van der Waals surface area contributed by atoms with Gasteiger partial charge in [0.15, 0.2) is 5.65 Å². The second-order valence-corrected chi connectivity index (χ2v) is 4.39. The van der Waals surface area contributed by atoms with E-state index in [1.54, 1.807) is 13.0 Å². The third-order valence-corrected chi connectivity index (χ3v) is 2.81. The zero-order valence-corrected chi connectivity index (χ0v) is 10.7. The molecule has 0 fully saturated rings. The molecule has 2 rings (SSSR count). The number of aromatic nitrogens is 4. The Kier molecular flexibility index (Phi) is 3.33. The molecule has 2 N–H and O–H groups in total. The van der Waals surface area contributed by atoms with Crippen molar-refractivity contribution in [1.82, 2.24) is 19.6 Å². The van der Waals surface area contributed by atoms with Crippen molar-refractivity contribution in [2.75, 3.05) is 18.1 Å². The van der Waals surface area contributed by atoms with Crippen LogP contribution in [0.15, 0.2) is 10.9 Å². The minimum atomic E-state index is -0.292. The van der Waals surface area contributed by atoms with Gasteiger partial charge in [-0.1, -0.05) is 0 Å². The van der Waals surface area contributed by atoms with Gasteiger partial charge in [0.25, 0.3) is 0 Å². The maximum absolute atomic E-state index is 11.5. The van der Waals surface area contributed by atoms with E-state index >= 15 is 0 Å². The van der Waals surface area contributed by atoms with E-state index < -0.39 is 0 Å². The van der Waals surface area contributed by atoms with E-state index in [4.69, 9.17) is 5.11 Å². The van der Waals surface area contributed by atoms with Crippen LogP contribution in [-0.4, -0.2) is 43.9 Å². The SMILES string of the molecule is Cc1nc(N(CCO)C(C)C)cc2n[nH]c(=O)n12. The number of aliphatic hydroxyl groups is 1. The fraction of sp³-hybridized carbons (Fsp3) is 0.545. The van der Waals surface area contributed by atoms with Crippen LogP contribution in [0.2, 0.25) is 0 Å². The Morgan fingerprint density at radius 3 is 2.89 bits per heavy atom. The van der Waals surface area contributed by atoms with Crippen LogP contribution in [0.4, 0.5) is 5.82 Å². The van der Waals surface area contributed by atoms with Crippen LogP contribution in [0.1, 0.15) is 19.7 Å². The summed E-state index contributed by atoms with van der Waals surface area (Å²) < 4.78 is 1.42. The molecule has 0 amide bonds. The van der Waals surface area contributed by atoms with E-state index in [1.807, 2.05) is 18.7 Å². The molecule has 0 aliphatic rings. The van der Waals surface area contributed by atoms with Crippen LogP contribution < -0.4 is 10.6 Å². The van der Waals surface area contributed by atoms with E-state index in [0.29, 0.717) is 23.8 Å². The van der Waals surface area contributed by atoms with Crippen molar-refractivity contribution in [3.05, 3.63) is 22.4 Å². The van der Waals surface area contributed by atoms with Gasteiger partial charge in [-0.15, -0.1) is 0 Å². The van der Waals surface area contributed by atoms with Crippen LogP contribution in [0, 0.1) is 6.92 Å². The monoisotopic (exact) mass is 251 g/mol. The van der Waals surface area contributed by atoms with Crippen molar-refractivity contribution < 1.29 is 5.11 Å². The number of H-pyrrole nitrogens is 1. The molecule has 0 aliphatic carbocycles. The lowest BCUT2D eigenvalue weighted by Gasteiger charge is -2.27. The molecule has 98 valence electrons. The number of aromatic amines is 1. The summed E-state index contributed by atoms with van der Waals surface area (Å²) in [6.07, 6.45) is 0. The Morgan fingerprint density at radius 2 is 2.28 bits per heavy atom. The van der Waals surface area contributed by atoms with Crippen molar-refractivity contribution >= 4 is 11.5 Å². The second-order valence-electron chi connectivity index (χ2n) is 4.39. The van der Waals surface area contributed by atoms with E-state index in [-0.39, 0.29) is 18.3 Å². The third kappa shape index (κ3) is 2.08. The zero-order chi connectivity index (χ0) is 13.3. The maximum Gasteiger partial charge on any atom is 0.349 e. The minimum Gasteiger partial charge on any atom is -0.395 e. The second kappa shape index (κ2) is 4.77. The van der Waals surface area contributed by atoms with Crippen LogP contribution >= 0.6 is 0 Å². The van der Waals surface area contributed by atoms with Gasteiger partial charge >= 0.3 is 5.69 Å². The molecule has 0 radical (unpaired) electrons. The van der Waals surface area contributed by atoms with Gasteiger partial charge in [0.05, 0.1) is 6.61 Å². The summed E-state index contributed by atoms with van der Waals surface area (Å²) in [6.45, 7) is 6.35. The molecule has 7 nitrogen and oxygen atoms in total. The molecule has 0 bridgehead atoms. The molecule has 0 saturated carbocycles. The highest BCUT2D eigenvalue weighted by Crippen LogP contribution is 2.15. The average Bonchev–Trinajstić information content (AvgIpc) is 2.67. The van der Waals surface area contributed by atoms with Gasteiger partial charge in [0.2, 0.25) is 0 Å². The summed E-state index contributed by atoms with van der Waals surface area (Å²) in [5.74, 6) is 1.29. The predicted octanol–water partition coefficient (Wildman–Crippen LogP) is -0.0669. The lowest BCUT2D eigenvalue weighted by atomic mass is 10.3. The standard InChI is InChI=1S/C11H17N5O2/c1-7(2)15(4-5-17)9-6-10-13-14-11(18)16(10)8(3)12-9/h6-7,17H,4-5H2,1-3H3,(H,14,18). The van der Waals surface area contributed by atoms with Gasteiger partial charge in [-0.3, -0.25) is 0 Å². The largest absolute Gasteiger partial charge is 0.395 e. The molecule has 0 unspecified atom stereocenters. The Balaban J connectivity index is 2.54. The first-order valence-corrected chi connectivity index (χ1v) is 5.87. The Hall–Kier alpha value is -1.89. The number of hydrogen-bond donors (Lipinski definition) is 2. The molecule has 0 aromatic carbocycles. The predicted molar refractivity (Wildman–Crippen MR) is 67.9 cm³/mol. The molecule has 18 heavy (non-hydrogen) atoms. The Labute approximate surface area is 104 Å². The zero-order valence-electron chi connectivity index (χ0n) is 10.7. The van der Waals surface area contributed by atoms with Gasteiger partial charge in [-0.25, -0.2) is 19.3 Å². The number of aryl methyl sites for hydroxylation is 1. The lowest BCUT2D eigenvalue weighted by molar-refractivity contribution is 0.298. The number of nitrogens with one attached hydrogen (secondary N) is 1. The van der Waals surface area contributed by atoms with Crippen LogP contribution in [0.3, 0.4) is 0 Å². The lowest BCUT2D eigenvalue weighted by Crippen LogP contribution is -2.34. The van der Waals surface area contributed by atoms with Gasteiger partial charge in [0.1, 0.15) is 11.6 Å². The Morgan fingerprint density at radius 1 is 1.56 bits per heavy atom. The summed E-state index contributed by atoms with van der Waals surface area (Å²) in [6, 6.07) is 1.94. The maximum atomic E-state index is 11.5. The van der Waals surface area contributed by atoms with Gasteiger partial charge in [-0.2, -0.15) is 5.10 Å². The fourth-order valence-corrected chi connectivity index (χ4v) is 1.97. The van der Waals surface area contributed by atoms with Crippen molar-refractivity contribution in [2.24, 2.45) is 0 Å². The number of anilines is 1. The van der Waals surface area contributed by atoms with E-state index in [1.165, 1.54) is 4.40 Å². The highest BCUT2D eigenvalue weighted by molar-refractivity contribution is 5.51. The average molecular weight is 251 g/mol. The summed E-state index contributed by atoms with van der Waals surface area (Å²) in [4.78, 5) is 17.8. The topological polar surface area (TPSA) is 86.5 Å². The smallest absolute Gasteiger partial charge is 0.349 e. The molecule has 0 spiro atoms. The molecule has 0 atom stereocenters. The highest BCUT2D eigenvalue weighted by atomic mass is 16.3. The first-order valence-electron chi connectivity index (χ1n) is 5.87. The molecule has 0 aliphatic heterocycles. The molecular weight excluding hydrogens is 234 g/mol. The van der Waals surface area contributed by atoms with Crippen molar-refractivity contribution in [2.45, 2.75) is 26.8 Å². The van der Waals surface area contributed by atoms with Gasteiger partial charge < -0.3 is 10.0 Å². The van der Waals surface area contributed by atoms with Crippen molar-refractivity contribution in [1.29, 1.82) is 0 Å². The first kappa shape index (κ1) is 12.6. The molecule has 7 heteroatoms.